The Morgan fingerprint density at radius 1 is 1.23 bits per heavy atom. The van der Waals surface area contributed by atoms with E-state index in [2.05, 4.69) is 5.43 Å². The number of rotatable bonds is 3. The number of nitrogens with one attached hydrogen (secondary N) is 2. The predicted molar refractivity (Wildman–Crippen MR) is 45.7 cm³/mol. The molecule has 1 aromatic carbocycles. The van der Waals surface area contributed by atoms with E-state index in [1.165, 1.54) is 29.9 Å². The van der Waals surface area contributed by atoms with Crippen molar-refractivity contribution in [3.63, 3.8) is 0 Å². The summed E-state index contributed by atoms with van der Waals surface area (Å²) in [5.74, 6) is 0. The first-order valence-electron chi connectivity index (χ1n) is 3.28. The summed E-state index contributed by atoms with van der Waals surface area (Å²) in [6.45, 7) is 0. The third kappa shape index (κ3) is 2.65. The summed E-state index contributed by atoms with van der Waals surface area (Å²) < 4.78 is 33.0. The molecular formula is C6H8FN3O2S. The van der Waals surface area contributed by atoms with Crippen molar-refractivity contribution in [1.82, 2.24) is 5.65 Å². The van der Waals surface area contributed by atoms with Crippen molar-refractivity contribution in [2.24, 2.45) is 5.14 Å². The van der Waals surface area contributed by atoms with Gasteiger partial charge >= 0.3 is 0 Å². The van der Waals surface area contributed by atoms with Gasteiger partial charge in [0.25, 0.3) is 0 Å². The highest BCUT2D eigenvalue weighted by Gasteiger charge is 2.05. The van der Waals surface area contributed by atoms with Crippen LogP contribution in [0.25, 0.3) is 0 Å². The van der Waals surface area contributed by atoms with Gasteiger partial charge in [0.2, 0.25) is 10.0 Å². The number of benzene rings is 1. The lowest BCUT2D eigenvalue weighted by molar-refractivity contribution is 0.376. The Bertz CT molecular complexity index is 375. The van der Waals surface area contributed by atoms with Crippen molar-refractivity contribution in [2.45, 2.75) is 4.90 Å². The Kier molecular flexibility index (Phi) is 2.81. The summed E-state index contributed by atoms with van der Waals surface area (Å²) in [6.07, 6.45) is 0. The van der Waals surface area contributed by atoms with E-state index in [9.17, 15) is 12.9 Å². The van der Waals surface area contributed by atoms with Gasteiger partial charge in [-0.3, -0.25) is 5.43 Å². The molecule has 7 heteroatoms. The minimum absolute atomic E-state index is 0.0168. The first-order chi connectivity index (χ1) is 6.04. The van der Waals surface area contributed by atoms with Gasteiger partial charge in [0.15, 0.2) is 0 Å². The third-order valence-electron chi connectivity index (χ3n) is 1.37. The van der Waals surface area contributed by atoms with Crippen molar-refractivity contribution >= 4 is 15.7 Å². The molecule has 1 rings (SSSR count). The second-order valence-electron chi connectivity index (χ2n) is 2.29. The fraction of sp³-hybridized carbons (Fsp3) is 0. The van der Waals surface area contributed by atoms with Crippen LogP contribution in [0.5, 0.6) is 0 Å². The Morgan fingerprint density at radius 3 is 2.15 bits per heavy atom. The molecule has 0 saturated heterocycles. The molecule has 0 fully saturated rings. The molecule has 0 unspecified atom stereocenters. The molecule has 0 amide bonds. The average Bonchev–Trinajstić information content (AvgIpc) is 2.04. The second-order valence-corrected chi connectivity index (χ2v) is 3.85. The molecule has 1 aromatic rings. The highest BCUT2D eigenvalue weighted by atomic mass is 32.2. The maximum Gasteiger partial charge on any atom is 0.238 e. The van der Waals surface area contributed by atoms with Gasteiger partial charge < -0.3 is 0 Å². The number of hydrogen-bond acceptors (Lipinski definition) is 4. The average molecular weight is 205 g/mol. The molecule has 0 bridgehead atoms. The number of hydrazine groups is 1. The highest BCUT2D eigenvalue weighted by molar-refractivity contribution is 7.89. The maximum absolute atomic E-state index is 11.5. The molecule has 0 heterocycles. The van der Waals surface area contributed by atoms with Gasteiger partial charge in [0.1, 0.15) is 0 Å². The molecule has 0 radical (unpaired) electrons. The van der Waals surface area contributed by atoms with Crippen molar-refractivity contribution in [2.75, 3.05) is 5.43 Å². The number of halogens is 1. The zero-order valence-electron chi connectivity index (χ0n) is 6.49. The van der Waals surface area contributed by atoms with Crippen LogP contribution in [0.15, 0.2) is 29.2 Å². The molecule has 0 atom stereocenters. The fourth-order valence-corrected chi connectivity index (χ4v) is 1.30. The number of hydrogen-bond donors (Lipinski definition) is 3. The normalized spacial score (nSPS) is 11.2. The topological polar surface area (TPSA) is 84.2 Å². The van der Waals surface area contributed by atoms with E-state index in [1.54, 1.807) is 0 Å². The number of anilines is 1. The molecule has 72 valence electrons. The molecule has 0 saturated carbocycles. The fourth-order valence-electron chi connectivity index (χ4n) is 0.783. The van der Waals surface area contributed by atoms with Crippen molar-refractivity contribution in [3.8, 4) is 0 Å². The van der Waals surface area contributed by atoms with E-state index >= 15 is 0 Å². The standard InChI is InChI=1S/C6H8FN3O2S/c7-10-9-5-1-3-6(4-2-5)13(8,11)12/h1-4,9-10H,(H2,8,11,12). The van der Waals surface area contributed by atoms with Crippen LogP contribution in [0.2, 0.25) is 0 Å². The molecule has 0 aliphatic rings. The summed E-state index contributed by atoms with van der Waals surface area (Å²) in [7, 11) is -3.68. The van der Waals surface area contributed by atoms with Gasteiger partial charge in [-0.2, -0.15) is 0 Å². The monoisotopic (exact) mass is 205 g/mol. The van der Waals surface area contributed by atoms with E-state index in [0.717, 1.165) is 0 Å². The molecule has 0 spiro atoms. The van der Waals surface area contributed by atoms with Gasteiger partial charge in [0, 0.05) is 0 Å². The van der Waals surface area contributed by atoms with Crippen molar-refractivity contribution in [1.29, 1.82) is 0 Å². The molecule has 0 aliphatic heterocycles. The smallest absolute Gasteiger partial charge is 0.238 e. The van der Waals surface area contributed by atoms with Crippen LogP contribution < -0.4 is 16.2 Å². The zero-order chi connectivity index (χ0) is 9.90. The first kappa shape index (κ1) is 9.90. The third-order valence-corrected chi connectivity index (χ3v) is 2.30. The number of nitrogens with two attached hydrogens (primary N) is 1. The molecule has 13 heavy (non-hydrogen) atoms. The van der Waals surface area contributed by atoms with Crippen LogP contribution in [0.4, 0.5) is 10.2 Å². The Morgan fingerprint density at radius 2 is 1.77 bits per heavy atom. The summed E-state index contributed by atoms with van der Waals surface area (Å²) in [4.78, 5) is -0.0168. The summed E-state index contributed by atoms with van der Waals surface area (Å²) in [5.41, 5.74) is 3.74. The van der Waals surface area contributed by atoms with Crippen molar-refractivity contribution in [3.05, 3.63) is 24.3 Å². The summed E-state index contributed by atoms with van der Waals surface area (Å²) in [6, 6.07) is 5.31. The summed E-state index contributed by atoms with van der Waals surface area (Å²) in [5, 5.41) is 4.84. The molecule has 5 nitrogen and oxygen atoms in total. The first-order valence-corrected chi connectivity index (χ1v) is 4.83. The SMILES string of the molecule is NS(=O)(=O)c1ccc(NNF)cc1. The van der Waals surface area contributed by atoms with Crippen molar-refractivity contribution < 1.29 is 12.9 Å². The van der Waals surface area contributed by atoms with Crippen LogP contribution in [-0.2, 0) is 10.0 Å². The quantitative estimate of drug-likeness (QED) is 0.484. The molecule has 4 N–H and O–H groups in total. The Balaban J connectivity index is 2.94. The van der Waals surface area contributed by atoms with E-state index in [-0.39, 0.29) is 4.90 Å². The molecule has 0 aliphatic carbocycles. The van der Waals surface area contributed by atoms with Crippen LogP contribution in [-0.4, -0.2) is 8.42 Å². The van der Waals surface area contributed by atoms with Crippen LogP contribution in [0.3, 0.4) is 0 Å². The van der Waals surface area contributed by atoms with Crippen LogP contribution >= 0.6 is 0 Å². The molecular weight excluding hydrogens is 197 g/mol. The van der Waals surface area contributed by atoms with Gasteiger partial charge in [0.05, 0.1) is 10.6 Å². The highest BCUT2D eigenvalue weighted by Crippen LogP contribution is 2.11. The van der Waals surface area contributed by atoms with E-state index in [0.29, 0.717) is 5.69 Å². The second kappa shape index (κ2) is 3.69. The lowest BCUT2D eigenvalue weighted by Gasteiger charge is -2.02. The van der Waals surface area contributed by atoms with Gasteiger partial charge in [-0.05, 0) is 24.3 Å². The van der Waals surface area contributed by atoms with E-state index in [4.69, 9.17) is 5.14 Å². The zero-order valence-corrected chi connectivity index (χ0v) is 7.31. The summed E-state index contributed by atoms with van der Waals surface area (Å²) >= 11 is 0. The number of primary sulfonamides is 1. The Hall–Kier alpha value is -1.18. The number of sulfonamides is 1. The van der Waals surface area contributed by atoms with Gasteiger partial charge in [-0.1, -0.05) is 5.65 Å². The maximum atomic E-state index is 11.5. The van der Waals surface area contributed by atoms with E-state index < -0.39 is 10.0 Å². The minimum Gasteiger partial charge on any atom is -0.295 e. The predicted octanol–water partition coefficient (Wildman–Crippen LogP) is 0.135. The molecule has 0 aromatic heterocycles. The lowest BCUT2D eigenvalue weighted by atomic mass is 10.3. The van der Waals surface area contributed by atoms with Crippen LogP contribution in [0.1, 0.15) is 0 Å². The minimum atomic E-state index is -3.68. The lowest BCUT2D eigenvalue weighted by Crippen LogP contribution is -2.13. The Labute approximate surface area is 74.7 Å². The van der Waals surface area contributed by atoms with E-state index in [1.807, 2.05) is 0 Å². The van der Waals surface area contributed by atoms with Gasteiger partial charge in [-0.15, -0.1) is 4.48 Å². The van der Waals surface area contributed by atoms with Crippen LogP contribution in [0, 0.1) is 0 Å². The van der Waals surface area contributed by atoms with Gasteiger partial charge in [-0.25, -0.2) is 13.6 Å². The largest absolute Gasteiger partial charge is 0.295 e.